The van der Waals surface area contributed by atoms with Gasteiger partial charge >= 0.3 is 0 Å². The van der Waals surface area contributed by atoms with E-state index in [0.717, 1.165) is 5.69 Å². The number of aromatic nitrogens is 4. The van der Waals surface area contributed by atoms with Crippen LogP contribution < -0.4 is 5.32 Å². The van der Waals surface area contributed by atoms with Crippen molar-refractivity contribution in [1.82, 2.24) is 19.6 Å². The molecule has 0 aliphatic heterocycles. The molecule has 0 saturated heterocycles. The first kappa shape index (κ1) is 18.1. The van der Waals surface area contributed by atoms with Crippen LogP contribution in [-0.4, -0.2) is 25.5 Å². The second kappa shape index (κ2) is 7.29. The Bertz CT molecular complexity index is 943. The average Bonchev–Trinajstić information content (AvgIpc) is 3.03. The number of benzene rings is 1. The first-order valence-electron chi connectivity index (χ1n) is 8.12. The molecule has 1 amide bonds. The van der Waals surface area contributed by atoms with Crippen LogP contribution >= 0.6 is 11.6 Å². The Kier molecular flexibility index (Phi) is 5.08. The largest absolute Gasteiger partial charge is 0.321 e. The normalized spacial score (nSPS) is 11.0. The summed E-state index contributed by atoms with van der Waals surface area (Å²) in [5, 5.41) is 12.0. The number of hydrogen-bond donors (Lipinski definition) is 1. The van der Waals surface area contributed by atoms with Gasteiger partial charge in [-0.05, 0) is 26.8 Å². The van der Waals surface area contributed by atoms with Crippen molar-refractivity contribution in [2.24, 2.45) is 0 Å². The van der Waals surface area contributed by atoms with Crippen LogP contribution in [0.25, 0.3) is 0 Å². The van der Waals surface area contributed by atoms with Gasteiger partial charge in [0.2, 0.25) is 5.91 Å². The van der Waals surface area contributed by atoms with E-state index >= 15 is 0 Å². The first-order chi connectivity index (χ1) is 12.3. The highest BCUT2D eigenvalue weighted by atomic mass is 35.5. The SMILES string of the molecule is Cc1nn(CC(=O)Nc2c(C)nn(Cc3ccccc3F)c2C)cc1Cl. The Hall–Kier alpha value is -2.67. The lowest BCUT2D eigenvalue weighted by Crippen LogP contribution is -2.20. The van der Waals surface area contributed by atoms with Gasteiger partial charge in [0.25, 0.3) is 0 Å². The molecule has 3 rings (SSSR count). The third kappa shape index (κ3) is 3.77. The molecule has 0 bridgehead atoms. The summed E-state index contributed by atoms with van der Waals surface area (Å²) >= 11 is 5.96. The van der Waals surface area contributed by atoms with E-state index in [9.17, 15) is 9.18 Å². The highest BCUT2D eigenvalue weighted by molar-refractivity contribution is 6.31. The fourth-order valence-corrected chi connectivity index (χ4v) is 2.87. The summed E-state index contributed by atoms with van der Waals surface area (Å²) in [6.07, 6.45) is 1.61. The molecule has 0 radical (unpaired) electrons. The van der Waals surface area contributed by atoms with Gasteiger partial charge < -0.3 is 5.32 Å². The molecule has 1 aromatic carbocycles. The standard InChI is InChI=1S/C18H19ClFN5O/c1-11-15(19)9-24(22-11)10-17(26)21-18-12(2)23-25(13(18)3)8-14-6-4-5-7-16(14)20/h4-7,9H,8,10H2,1-3H3,(H,21,26). The summed E-state index contributed by atoms with van der Waals surface area (Å²) in [6.45, 7) is 5.76. The molecule has 6 nitrogen and oxygen atoms in total. The summed E-state index contributed by atoms with van der Waals surface area (Å²) < 4.78 is 17.0. The van der Waals surface area contributed by atoms with E-state index in [1.165, 1.54) is 10.7 Å². The van der Waals surface area contributed by atoms with Crippen LogP contribution in [0.5, 0.6) is 0 Å². The van der Waals surface area contributed by atoms with Crippen LogP contribution in [0.1, 0.15) is 22.6 Å². The number of anilines is 1. The van der Waals surface area contributed by atoms with Gasteiger partial charge in [-0.25, -0.2) is 4.39 Å². The van der Waals surface area contributed by atoms with Gasteiger partial charge in [0.05, 0.1) is 34.3 Å². The van der Waals surface area contributed by atoms with E-state index in [4.69, 9.17) is 11.6 Å². The van der Waals surface area contributed by atoms with Crippen molar-refractivity contribution in [2.45, 2.75) is 33.9 Å². The zero-order valence-corrected chi connectivity index (χ0v) is 15.5. The van der Waals surface area contributed by atoms with E-state index in [-0.39, 0.29) is 18.3 Å². The van der Waals surface area contributed by atoms with Crippen molar-refractivity contribution in [2.75, 3.05) is 5.32 Å². The fraction of sp³-hybridized carbons (Fsp3) is 0.278. The molecule has 0 aliphatic rings. The van der Waals surface area contributed by atoms with Crippen LogP contribution in [-0.2, 0) is 17.9 Å². The van der Waals surface area contributed by atoms with Gasteiger partial charge in [-0.1, -0.05) is 29.8 Å². The topological polar surface area (TPSA) is 64.7 Å². The van der Waals surface area contributed by atoms with Crippen LogP contribution in [0.15, 0.2) is 30.5 Å². The summed E-state index contributed by atoms with van der Waals surface area (Å²) in [5.41, 5.74) is 3.26. The number of halogens is 2. The number of nitrogens with zero attached hydrogens (tertiary/aromatic N) is 4. The number of hydrogen-bond acceptors (Lipinski definition) is 3. The monoisotopic (exact) mass is 375 g/mol. The third-order valence-corrected chi connectivity index (χ3v) is 4.49. The number of carbonyl (C=O) groups is 1. The molecule has 2 aromatic heterocycles. The van der Waals surface area contributed by atoms with Gasteiger partial charge in [-0.3, -0.25) is 14.2 Å². The van der Waals surface area contributed by atoms with Crippen LogP contribution in [0.3, 0.4) is 0 Å². The summed E-state index contributed by atoms with van der Waals surface area (Å²) in [5.74, 6) is -0.516. The molecule has 136 valence electrons. The van der Waals surface area contributed by atoms with Crippen molar-refractivity contribution in [3.63, 3.8) is 0 Å². The van der Waals surface area contributed by atoms with Crippen molar-refractivity contribution < 1.29 is 9.18 Å². The lowest BCUT2D eigenvalue weighted by Gasteiger charge is -2.08. The maximum atomic E-state index is 13.9. The molecule has 26 heavy (non-hydrogen) atoms. The zero-order chi connectivity index (χ0) is 18.8. The Balaban J connectivity index is 1.75. The smallest absolute Gasteiger partial charge is 0.246 e. The van der Waals surface area contributed by atoms with Crippen molar-refractivity contribution in [1.29, 1.82) is 0 Å². The molecule has 0 aliphatic carbocycles. The molecular weight excluding hydrogens is 357 g/mol. The van der Waals surface area contributed by atoms with E-state index in [1.807, 2.05) is 6.92 Å². The number of amides is 1. The zero-order valence-electron chi connectivity index (χ0n) is 14.8. The molecule has 0 fully saturated rings. The molecule has 2 heterocycles. The van der Waals surface area contributed by atoms with Crippen LogP contribution in [0.2, 0.25) is 5.02 Å². The number of carbonyl (C=O) groups excluding carboxylic acids is 1. The Morgan fingerprint density at radius 3 is 2.58 bits per heavy atom. The molecule has 0 atom stereocenters. The predicted octanol–water partition coefficient (Wildman–Crippen LogP) is 3.48. The van der Waals surface area contributed by atoms with E-state index in [0.29, 0.717) is 34.2 Å². The minimum Gasteiger partial charge on any atom is -0.321 e. The second-order valence-corrected chi connectivity index (χ2v) is 6.51. The Morgan fingerprint density at radius 2 is 1.92 bits per heavy atom. The minimum absolute atomic E-state index is 0.0466. The van der Waals surface area contributed by atoms with E-state index < -0.39 is 0 Å². The maximum Gasteiger partial charge on any atom is 0.246 e. The van der Waals surface area contributed by atoms with Crippen LogP contribution in [0.4, 0.5) is 10.1 Å². The van der Waals surface area contributed by atoms with Crippen molar-refractivity contribution in [3.05, 3.63) is 63.9 Å². The molecule has 0 unspecified atom stereocenters. The Morgan fingerprint density at radius 1 is 1.19 bits per heavy atom. The quantitative estimate of drug-likeness (QED) is 0.742. The fourth-order valence-electron chi connectivity index (χ4n) is 2.72. The predicted molar refractivity (Wildman–Crippen MR) is 97.8 cm³/mol. The minimum atomic E-state index is -0.281. The molecular formula is C18H19ClFN5O. The van der Waals surface area contributed by atoms with Gasteiger partial charge in [0.15, 0.2) is 0 Å². The lowest BCUT2D eigenvalue weighted by molar-refractivity contribution is -0.116. The highest BCUT2D eigenvalue weighted by Crippen LogP contribution is 2.21. The molecule has 3 aromatic rings. The van der Waals surface area contributed by atoms with E-state index in [1.54, 1.807) is 42.9 Å². The number of nitrogens with one attached hydrogen (secondary N) is 1. The van der Waals surface area contributed by atoms with Gasteiger partial charge in [-0.2, -0.15) is 10.2 Å². The number of rotatable bonds is 5. The maximum absolute atomic E-state index is 13.9. The van der Waals surface area contributed by atoms with E-state index in [2.05, 4.69) is 15.5 Å². The highest BCUT2D eigenvalue weighted by Gasteiger charge is 2.16. The summed E-state index contributed by atoms with van der Waals surface area (Å²) in [7, 11) is 0. The van der Waals surface area contributed by atoms with Crippen molar-refractivity contribution >= 4 is 23.2 Å². The molecule has 1 N–H and O–H groups in total. The van der Waals surface area contributed by atoms with Crippen LogP contribution in [0, 0.1) is 26.6 Å². The second-order valence-electron chi connectivity index (χ2n) is 6.10. The number of aryl methyl sites for hydroxylation is 2. The lowest BCUT2D eigenvalue weighted by atomic mass is 10.2. The van der Waals surface area contributed by atoms with Gasteiger partial charge in [0, 0.05) is 11.8 Å². The molecule has 8 heteroatoms. The van der Waals surface area contributed by atoms with Gasteiger partial charge in [-0.15, -0.1) is 0 Å². The van der Waals surface area contributed by atoms with Gasteiger partial charge in [0.1, 0.15) is 12.4 Å². The summed E-state index contributed by atoms with van der Waals surface area (Å²) in [4.78, 5) is 12.3. The van der Waals surface area contributed by atoms with Crippen molar-refractivity contribution in [3.8, 4) is 0 Å². The third-order valence-electron chi connectivity index (χ3n) is 4.12. The first-order valence-corrected chi connectivity index (χ1v) is 8.49. The molecule has 0 spiro atoms. The molecule has 0 saturated carbocycles. The Labute approximate surface area is 155 Å². The summed E-state index contributed by atoms with van der Waals surface area (Å²) in [6, 6.07) is 6.56. The average molecular weight is 376 g/mol.